The molecule has 0 radical (unpaired) electrons. The molecule has 12 nitrogen and oxygen atoms in total. The Hall–Kier alpha value is -4.31. The number of halogens is 5. The summed E-state index contributed by atoms with van der Waals surface area (Å²) in [5.74, 6) is -8.66. The Kier molecular flexibility index (Phi) is 34.0. The number of Topliss-reactive ketones (excluding diaryl/α,β-unsaturated/α-hetero) is 12. The number of carbonyl (C=O) groups excluding carboxylic acids is 12. The summed E-state index contributed by atoms with van der Waals surface area (Å²) in [6, 6.07) is 0. The maximum atomic E-state index is 12.8. The Balaban J connectivity index is -0.000000136. The number of hydrogen-bond donors (Lipinski definition) is 0. The number of alkyl halides is 5. The van der Waals surface area contributed by atoms with Gasteiger partial charge in [-0.15, -0.1) is 0 Å². The number of hydrogen-bond acceptors (Lipinski definition) is 12. The molecule has 0 aliphatic rings. The Morgan fingerprint density at radius 3 is 0.732 bits per heavy atom. The summed E-state index contributed by atoms with van der Waals surface area (Å²) in [5.41, 5.74) is -1.11. The van der Waals surface area contributed by atoms with E-state index in [9.17, 15) is 79.5 Å². The monoisotopic (exact) mass is 816 g/mol. The summed E-state index contributed by atoms with van der Waals surface area (Å²) in [6.07, 6.45) is -6.91. The SMILES string of the molecule is CC(=O)C(C)C(C)=O.CC(=O)CC(=O)C(C)(C)C.CC(=O)CC(=O)C(F)(F)F.CC(=O)CC(C)=O.CC(=O)CC(C)=O.CCC(F)(F)C(=O)CC(=O)C(C)(C)C. The summed E-state index contributed by atoms with van der Waals surface area (Å²) < 4.78 is 59.5. The third-order valence-corrected chi connectivity index (χ3v) is 6.20. The van der Waals surface area contributed by atoms with E-state index in [1.807, 2.05) is 20.8 Å². The molecule has 0 spiro atoms. The molecule has 0 saturated carbocycles. The molecule has 0 N–H and O–H groups in total. The van der Waals surface area contributed by atoms with Crippen LogP contribution >= 0.6 is 0 Å². The molecule has 0 aromatic heterocycles. The van der Waals surface area contributed by atoms with Crippen molar-refractivity contribution in [1.29, 1.82) is 0 Å². The van der Waals surface area contributed by atoms with Gasteiger partial charge in [-0.3, -0.25) is 57.5 Å². The second-order valence-corrected chi connectivity index (χ2v) is 14.8. The topological polar surface area (TPSA) is 205 Å². The molecule has 0 aliphatic heterocycles. The molecular formula is C39H61F5O12. The Morgan fingerprint density at radius 1 is 0.393 bits per heavy atom. The second-order valence-electron chi connectivity index (χ2n) is 14.8. The quantitative estimate of drug-likeness (QED) is 0.126. The summed E-state index contributed by atoms with van der Waals surface area (Å²) in [7, 11) is 0. The van der Waals surface area contributed by atoms with Crippen molar-refractivity contribution >= 4 is 69.4 Å². The molecule has 0 aliphatic carbocycles. The van der Waals surface area contributed by atoms with Crippen LogP contribution in [0.15, 0.2) is 0 Å². The lowest BCUT2D eigenvalue weighted by atomic mass is 9.87. The van der Waals surface area contributed by atoms with Crippen LogP contribution in [-0.2, 0) is 57.5 Å². The molecule has 0 unspecified atom stereocenters. The third kappa shape index (κ3) is 45.8. The zero-order valence-corrected chi connectivity index (χ0v) is 35.6. The van der Waals surface area contributed by atoms with Gasteiger partial charge in [0.2, 0.25) is 11.6 Å². The smallest absolute Gasteiger partial charge is 0.300 e. The molecule has 0 rings (SSSR count). The number of rotatable bonds is 14. The van der Waals surface area contributed by atoms with Crippen LogP contribution in [0.3, 0.4) is 0 Å². The van der Waals surface area contributed by atoms with Gasteiger partial charge in [0, 0.05) is 17.3 Å². The van der Waals surface area contributed by atoms with Crippen molar-refractivity contribution in [1.82, 2.24) is 0 Å². The van der Waals surface area contributed by atoms with Crippen LogP contribution in [0.4, 0.5) is 22.0 Å². The fourth-order valence-electron chi connectivity index (χ4n) is 2.54. The minimum atomic E-state index is -4.87. The van der Waals surface area contributed by atoms with Crippen LogP contribution in [0, 0.1) is 16.7 Å². The molecule has 56 heavy (non-hydrogen) atoms. The van der Waals surface area contributed by atoms with Gasteiger partial charge in [-0.25, -0.2) is 0 Å². The molecule has 0 atom stereocenters. The normalized spacial score (nSPS) is 10.6. The van der Waals surface area contributed by atoms with Gasteiger partial charge >= 0.3 is 12.1 Å². The van der Waals surface area contributed by atoms with Crippen molar-refractivity contribution in [2.75, 3.05) is 0 Å². The Labute approximate surface area is 326 Å². The average Bonchev–Trinajstić information content (AvgIpc) is 2.94. The van der Waals surface area contributed by atoms with Crippen LogP contribution in [-0.4, -0.2) is 81.5 Å². The average molecular weight is 817 g/mol. The lowest BCUT2D eigenvalue weighted by molar-refractivity contribution is -0.171. The number of carbonyl (C=O) groups is 12. The highest BCUT2D eigenvalue weighted by Crippen LogP contribution is 2.24. The Morgan fingerprint density at radius 2 is 0.625 bits per heavy atom. The zero-order chi connectivity index (χ0) is 46.7. The van der Waals surface area contributed by atoms with E-state index in [2.05, 4.69) is 0 Å². The molecule has 17 heteroatoms. The second kappa shape index (κ2) is 29.9. The lowest BCUT2D eigenvalue weighted by Gasteiger charge is -2.18. The highest BCUT2D eigenvalue weighted by atomic mass is 19.4. The highest BCUT2D eigenvalue weighted by molar-refractivity contribution is 6.04. The Bertz CT molecular complexity index is 1290. The predicted molar refractivity (Wildman–Crippen MR) is 198 cm³/mol. The van der Waals surface area contributed by atoms with Crippen molar-refractivity contribution < 1.29 is 79.5 Å². The van der Waals surface area contributed by atoms with Crippen LogP contribution < -0.4 is 0 Å². The molecule has 0 saturated heterocycles. The van der Waals surface area contributed by atoms with Crippen LogP contribution in [0.2, 0.25) is 0 Å². The van der Waals surface area contributed by atoms with E-state index in [4.69, 9.17) is 0 Å². The standard InChI is InChI=1S/C10H16F2O2.C8H14O2.C6H10O2.C5H5F3O2.2C5H8O2/c1-5-10(11,12)8(14)6-7(13)9(2,3)4;1-6(9)5-7(10)8(2,3)4;1-4(5(2)7)6(3)8;1-3(9)2-4(10)5(6,7)8;2*1-4(6)3-5(2)7/h5-6H2,1-4H3;5H2,1-4H3;4H,1-3H3;2H2,1H3;2*3H2,1-2H3. The van der Waals surface area contributed by atoms with Gasteiger partial charge in [0.05, 0.1) is 38.0 Å². The van der Waals surface area contributed by atoms with Crippen molar-refractivity contribution in [3.63, 3.8) is 0 Å². The fourth-order valence-corrected chi connectivity index (χ4v) is 2.54. The summed E-state index contributed by atoms with van der Waals surface area (Å²) in [5, 5.41) is 0. The van der Waals surface area contributed by atoms with E-state index in [-0.39, 0.29) is 70.9 Å². The van der Waals surface area contributed by atoms with E-state index >= 15 is 0 Å². The van der Waals surface area contributed by atoms with E-state index < -0.39 is 65.8 Å². The largest absolute Gasteiger partial charge is 0.450 e. The van der Waals surface area contributed by atoms with Gasteiger partial charge in [0.1, 0.15) is 57.8 Å². The first-order valence-electron chi connectivity index (χ1n) is 17.1. The van der Waals surface area contributed by atoms with E-state index in [1.165, 1.54) is 55.4 Å². The lowest BCUT2D eigenvalue weighted by Crippen LogP contribution is -2.33. The summed E-state index contributed by atoms with van der Waals surface area (Å²) in [6.45, 7) is 23.9. The van der Waals surface area contributed by atoms with Gasteiger partial charge in [-0.05, 0) is 62.3 Å². The van der Waals surface area contributed by atoms with Gasteiger partial charge < -0.3 is 0 Å². The minimum absolute atomic E-state index is 0.0139. The maximum absolute atomic E-state index is 12.8. The van der Waals surface area contributed by atoms with Crippen molar-refractivity contribution in [3.8, 4) is 0 Å². The van der Waals surface area contributed by atoms with Crippen LogP contribution in [0.25, 0.3) is 0 Å². The van der Waals surface area contributed by atoms with Crippen molar-refractivity contribution in [2.45, 2.75) is 161 Å². The number of ketones is 12. The first-order chi connectivity index (χ1) is 24.6. The zero-order valence-electron chi connectivity index (χ0n) is 35.6. The van der Waals surface area contributed by atoms with E-state index in [0.717, 1.165) is 6.92 Å². The first kappa shape index (κ1) is 63.6. The van der Waals surface area contributed by atoms with Crippen LogP contribution in [0.5, 0.6) is 0 Å². The molecule has 0 aromatic rings. The van der Waals surface area contributed by atoms with Gasteiger partial charge in [0.15, 0.2) is 0 Å². The van der Waals surface area contributed by atoms with Crippen molar-refractivity contribution in [2.24, 2.45) is 16.7 Å². The van der Waals surface area contributed by atoms with Gasteiger partial charge in [-0.2, -0.15) is 22.0 Å². The molecular weight excluding hydrogens is 755 g/mol. The van der Waals surface area contributed by atoms with Crippen LogP contribution in [0.1, 0.15) is 149 Å². The highest BCUT2D eigenvalue weighted by Gasteiger charge is 2.39. The first-order valence-corrected chi connectivity index (χ1v) is 17.1. The van der Waals surface area contributed by atoms with E-state index in [0.29, 0.717) is 0 Å². The molecule has 0 heterocycles. The molecule has 0 aromatic carbocycles. The third-order valence-electron chi connectivity index (χ3n) is 6.20. The predicted octanol–water partition coefficient (Wildman–Crippen LogP) is 7.19. The molecule has 0 bridgehead atoms. The maximum Gasteiger partial charge on any atom is 0.450 e. The molecule has 0 fully saturated rings. The van der Waals surface area contributed by atoms with Crippen molar-refractivity contribution in [3.05, 3.63) is 0 Å². The molecule has 324 valence electrons. The minimum Gasteiger partial charge on any atom is -0.300 e. The fraction of sp³-hybridized carbons (Fsp3) is 0.692. The molecule has 0 amide bonds. The van der Waals surface area contributed by atoms with Gasteiger partial charge in [0.25, 0.3) is 0 Å². The van der Waals surface area contributed by atoms with Gasteiger partial charge in [-0.1, -0.05) is 48.5 Å². The summed E-state index contributed by atoms with van der Waals surface area (Å²) in [4.78, 5) is 125. The van der Waals surface area contributed by atoms with E-state index in [1.54, 1.807) is 27.7 Å². The summed E-state index contributed by atoms with van der Waals surface area (Å²) >= 11 is 0.